The molecule has 0 aliphatic heterocycles. The summed E-state index contributed by atoms with van der Waals surface area (Å²) in [6, 6.07) is 4.90. The van der Waals surface area contributed by atoms with Crippen LogP contribution in [0.15, 0.2) is 47.6 Å². The Balaban J connectivity index is 2.21. The van der Waals surface area contributed by atoms with Gasteiger partial charge in [-0.1, -0.05) is 23.4 Å². The number of nitrogens with zero attached hydrogens (tertiary/aromatic N) is 1. The van der Waals surface area contributed by atoms with E-state index in [9.17, 15) is 39.5 Å². The highest BCUT2D eigenvalue weighted by atomic mass is 19.4. The lowest BCUT2D eigenvalue weighted by atomic mass is 10.00. The molecule has 0 saturated carbocycles. The summed E-state index contributed by atoms with van der Waals surface area (Å²) in [5, 5.41) is 3.44. The third-order valence-corrected chi connectivity index (χ3v) is 3.76. The van der Waals surface area contributed by atoms with Crippen LogP contribution in [0.4, 0.5) is 39.5 Å². The third-order valence-electron chi connectivity index (χ3n) is 3.76. The number of hydrogen-bond donors (Lipinski definition) is 0. The minimum absolute atomic E-state index is 0.0236. The monoisotopic (exact) mass is 429 g/mol. The highest BCUT2D eigenvalue weighted by Gasteiger charge is 2.38. The van der Waals surface area contributed by atoms with Crippen molar-refractivity contribution >= 4 is 5.71 Å². The molecule has 0 aromatic heterocycles. The summed E-state index contributed by atoms with van der Waals surface area (Å²) in [7, 11) is 0. The van der Waals surface area contributed by atoms with Gasteiger partial charge in [0, 0.05) is 5.56 Å². The normalized spacial score (nSPS) is 13.5. The van der Waals surface area contributed by atoms with Crippen LogP contribution in [0.25, 0.3) is 0 Å². The maximum Gasteiger partial charge on any atom is 0.417 e. The second-order valence-corrected chi connectivity index (χ2v) is 5.90. The van der Waals surface area contributed by atoms with E-state index in [1.807, 2.05) is 0 Å². The van der Waals surface area contributed by atoms with E-state index >= 15 is 0 Å². The lowest BCUT2D eigenvalue weighted by Gasteiger charge is -2.15. The molecule has 0 N–H and O–H groups in total. The molecule has 0 spiro atoms. The molecule has 0 saturated heterocycles. The number of halogens is 9. The van der Waals surface area contributed by atoms with E-state index in [2.05, 4.69) is 5.16 Å². The van der Waals surface area contributed by atoms with Crippen molar-refractivity contribution in [1.29, 1.82) is 0 Å². The van der Waals surface area contributed by atoms with Gasteiger partial charge in [0.2, 0.25) is 0 Å². The summed E-state index contributed by atoms with van der Waals surface area (Å²) in [6.45, 7) is 0.752. The Morgan fingerprint density at radius 3 is 1.76 bits per heavy atom. The molecule has 0 fully saturated rings. The molecular formula is C18H12F9NO. The Labute approximate surface area is 158 Å². The van der Waals surface area contributed by atoms with Gasteiger partial charge in [-0.25, -0.2) is 0 Å². The fraction of sp³-hybridized carbons (Fsp3) is 0.278. The number of rotatable bonds is 4. The van der Waals surface area contributed by atoms with Crippen molar-refractivity contribution in [3.8, 4) is 0 Å². The Morgan fingerprint density at radius 1 is 0.759 bits per heavy atom. The fourth-order valence-corrected chi connectivity index (χ4v) is 2.31. The van der Waals surface area contributed by atoms with Crippen molar-refractivity contribution in [3.05, 3.63) is 70.3 Å². The minimum Gasteiger partial charge on any atom is -0.391 e. The van der Waals surface area contributed by atoms with Gasteiger partial charge in [0.1, 0.15) is 6.61 Å². The van der Waals surface area contributed by atoms with Gasteiger partial charge in [0.15, 0.2) is 0 Å². The lowest BCUT2D eigenvalue weighted by Crippen LogP contribution is -2.15. The van der Waals surface area contributed by atoms with Crippen molar-refractivity contribution in [2.75, 3.05) is 0 Å². The zero-order chi connectivity index (χ0) is 22.0. The van der Waals surface area contributed by atoms with E-state index in [0.717, 1.165) is 31.2 Å². The fourth-order valence-electron chi connectivity index (χ4n) is 2.31. The molecule has 2 nitrogen and oxygen atoms in total. The van der Waals surface area contributed by atoms with Crippen LogP contribution < -0.4 is 0 Å². The van der Waals surface area contributed by atoms with Crippen molar-refractivity contribution in [2.24, 2.45) is 5.16 Å². The smallest absolute Gasteiger partial charge is 0.391 e. The highest BCUT2D eigenvalue weighted by molar-refractivity contribution is 5.99. The molecule has 0 aliphatic rings. The first-order valence-electron chi connectivity index (χ1n) is 7.81. The largest absolute Gasteiger partial charge is 0.417 e. The quantitative estimate of drug-likeness (QED) is 0.302. The maximum absolute atomic E-state index is 13.1. The van der Waals surface area contributed by atoms with Crippen LogP contribution in [0.2, 0.25) is 0 Å². The summed E-state index contributed by atoms with van der Waals surface area (Å²) >= 11 is 0. The molecule has 0 atom stereocenters. The number of benzene rings is 2. The average Bonchev–Trinajstić information content (AvgIpc) is 2.59. The van der Waals surface area contributed by atoms with Gasteiger partial charge < -0.3 is 4.84 Å². The second kappa shape index (κ2) is 7.96. The molecule has 0 heterocycles. The average molecular weight is 429 g/mol. The first kappa shape index (κ1) is 22.6. The Morgan fingerprint density at radius 2 is 1.28 bits per heavy atom. The molecule has 0 radical (unpaired) electrons. The Kier molecular flexibility index (Phi) is 6.19. The third kappa shape index (κ3) is 5.88. The molecule has 0 aliphatic carbocycles. The molecule has 158 valence electrons. The van der Waals surface area contributed by atoms with Crippen LogP contribution >= 0.6 is 0 Å². The summed E-state index contributed by atoms with van der Waals surface area (Å²) < 4.78 is 115. The molecule has 2 aromatic rings. The van der Waals surface area contributed by atoms with Crippen molar-refractivity contribution in [3.63, 3.8) is 0 Å². The van der Waals surface area contributed by atoms with Gasteiger partial charge in [-0.2, -0.15) is 39.5 Å². The summed E-state index contributed by atoms with van der Waals surface area (Å²) in [4.78, 5) is 4.84. The predicted molar refractivity (Wildman–Crippen MR) is 84.9 cm³/mol. The summed E-state index contributed by atoms with van der Waals surface area (Å²) in [5.74, 6) is 0. The summed E-state index contributed by atoms with van der Waals surface area (Å²) in [5.41, 5.74) is -4.59. The first-order valence-corrected chi connectivity index (χ1v) is 7.81. The molecule has 11 heteroatoms. The van der Waals surface area contributed by atoms with E-state index < -0.39 is 40.8 Å². The molecule has 0 amide bonds. The second-order valence-electron chi connectivity index (χ2n) is 5.90. The predicted octanol–water partition coefficient (Wildman–Crippen LogP) is 6.68. The first-order chi connectivity index (χ1) is 13.2. The number of hydrogen-bond acceptors (Lipinski definition) is 2. The van der Waals surface area contributed by atoms with E-state index in [4.69, 9.17) is 4.84 Å². The lowest BCUT2D eigenvalue weighted by molar-refractivity contribution is -0.143. The number of alkyl halides is 9. The molecular weight excluding hydrogens is 417 g/mol. The molecule has 29 heavy (non-hydrogen) atoms. The van der Waals surface area contributed by atoms with Crippen molar-refractivity contribution in [2.45, 2.75) is 32.1 Å². The Hall–Kier alpha value is -2.72. The van der Waals surface area contributed by atoms with Crippen LogP contribution in [0, 0.1) is 0 Å². The van der Waals surface area contributed by atoms with E-state index in [-0.39, 0.29) is 23.9 Å². The van der Waals surface area contributed by atoms with Crippen LogP contribution in [0.5, 0.6) is 0 Å². The van der Waals surface area contributed by atoms with Crippen LogP contribution in [0.1, 0.15) is 34.7 Å². The van der Waals surface area contributed by atoms with Gasteiger partial charge in [-0.3, -0.25) is 0 Å². The molecule has 0 unspecified atom stereocenters. The molecule has 2 aromatic carbocycles. The van der Waals surface area contributed by atoms with Gasteiger partial charge in [-0.05, 0) is 36.8 Å². The minimum atomic E-state index is -5.07. The van der Waals surface area contributed by atoms with E-state index in [1.54, 1.807) is 0 Å². The Bertz CT molecular complexity index is 878. The topological polar surface area (TPSA) is 21.6 Å². The van der Waals surface area contributed by atoms with Crippen molar-refractivity contribution in [1.82, 2.24) is 0 Å². The maximum atomic E-state index is 13.1. The SMILES string of the molecule is C/C(=N\OCc1ccc(C(F)(F)F)cc1)c1ccc(C(F)(F)F)cc1C(F)(F)F. The standard InChI is InChI=1S/C18H12F9NO/c1-10(28-29-9-11-2-4-12(5-3-11)16(19,20)21)14-7-6-13(17(22,23)24)8-15(14)18(25,26)27/h2-8H,9H2,1H3/b28-10+. The van der Waals surface area contributed by atoms with E-state index in [1.165, 1.54) is 0 Å². The zero-order valence-electron chi connectivity index (χ0n) is 14.5. The van der Waals surface area contributed by atoms with Crippen molar-refractivity contribution < 1.29 is 44.4 Å². The van der Waals surface area contributed by atoms with Crippen LogP contribution in [-0.4, -0.2) is 5.71 Å². The van der Waals surface area contributed by atoms with Gasteiger partial charge in [-0.15, -0.1) is 0 Å². The molecule has 2 rings (SSSR count). The van der Waals surface area contributed by atoms with E-state index in [0.29, 0.717) is 12.1 Å². The van der Waals surface area contributed by atoms with Gasteiger partial charge in [0.25, 0.3) is 0 Å². The van der Waals surface area contributed by atoms with Crippen LogP contribution in [0.3, 0.4) is 0 Å². The summed E-state index contributed by atoms with van der Waals surface area (Å²) in [6.07, 6.45) is -14.5. The van der Waals surface area contributed by atoms with Gasteiger partial charge in [0.05, 0.1) is 22.4 Å². The molecule has 0 bridgehead atoms. The zero-order valence-corrected chi connectivity index (χ0v) is 14.5. The highest BCUT2D eigenvalue weighted by Crippen LogP contribution is 2.37. The number of oxime groups is 1. The van der Waals surface area contributed by atoms with Gasteiger partial charge >= 0.3 is 18.5 Å². The van der Waals surface area contributed by atoms with Crippen LogP contribution in [-0.2, 0) is 30.0 Å².